The van der Waals surface area contributed by atoms with Gasteiger partial charge in [0.15, 0.2) is 0 Å². The highest BCUT2D eigenvalue weighted by atomic mass is 35.5. The zero-order valence-corrected chi connectivity index (χ0v) is 10.5. The topological polar surface area (TPSA) is 42.4 Å². The van der Waals surface area contributed by atoms with E-state index in [4.69, 9.17) is 16.3 Å². The van der Waals surface area contributed by atoms with Crippen molar-refractivity contribution >= 4 is 17.5 Å². The van der Waals surface area contributed by atoms with Crippen LogP contribution >= 0.6 is 11.6 Å². The zero-order chi connectivity index (χ0) is 12.3. The van der Waals surface area contributed by atoms with Gasteiger partial charge in [-0.1, -0.05) is 11.6 Å². The molecule has 5 heteroatoms. The maximum absolute atomic E-state index is 12.1. The van der Waals surface area contributed by atoms with E-state index in [0.717, 1.165) is 19.4 Å². The number of hydrogen-bond acceptors (Lipinski definition) is 3. The number of ether oxygens (including phenoxy) is 1. The molecule has 1 atom stereocenters. The molecule has 0 N–H and O–H groups in total. The van der Waals surface area contributed by atoms with E-state index in [1.165, 1.54) is 6.20 Å². The van der Waals surface area contributed by atoms with Gasteiger partial charge in [-0.3, -0.25) is 4.79 Å². The van der Waals surface area contributed by atoms with E-state index < -0.39 is 0 Å². The number of aromatic nitrogens is 1. The standard InChI is InChI=1S/C12H15ClN2O2/c1-15(8-10-3-2-6-17-10)12(16)9-4-5-14-11(13)7-9/h4-5,7,10H,2-3,6,8H2,1H3. The van der Waals surface area contributed by atoms with Gasteiger partial charge in [-0.05, 0) is 25.0 Å². The lowest BCUT2D eigenvalue weighted by atomic mass is 10.2. The minimum atomic E-state index is -0.0511. The lowest BCUT2D eigenvalue weighted by molar-refractivity contribution is 0.0587. The van der Waals surface area contributed by atoms with Crippen molar-refractivity contribution in [1.82, 2.24) is 9.88 Å². The molecular formula is C12H15ClN2O2. The first-order chi connectivity index (χ1) is 8.16. The van der Waals surface area contributed by atoms with Crippen LogP contribution in [0.5, 0.6) is 0 Å². The molecule has 1 aromatic heterocycles. The number of rotatable bonds is 3. The maximum atomic E-state index is 12.1. The highest BCUT2D eigenvalue weighted by Gasteiger charge is 2.20. The summed E-state index contributed by atoms with van der Waals surface area (Å²) in [7, 11) is 1.78. The Balaban J connectivity index is 1.98. The fourth-order valence-electron chi connectivity index (χ4n) is 1.93. The van der Waals surface area contributed by atoms with Crippen molar-refractivity contribution in [3.05, 3.63) is 29.0 Å². The van der Waals surface area contributed by atoms with Crippen LogP contribution in [0.25, 0.3) is 0 Å². The predicted octanol–water partition coefficient (Wildman–Crippen LogP) is 1.99. The first-order valence-electron chi connectivity index (χ1n) is 5.65. The monoisotopic (exact) mass is 254 g/mol. The highest BCUT2D eigenvalue weighted by Crippen LogP contribution is 2.15. The Labute approximate surface area is 106 Å². The Morgan fingerprint density at radius 1 is 1.71 bits per heavy atom. The first-order valence-corrected chi connectivity index (χ1v) is 6.03. The van der Waals surface area contributed by atoms with Crippen molar-refractivity contribution in [2.75, 3.05) is 20.2 Å². The van der Waals surface area contributed by atoms with E-state index in [2.05, 4.69) is 4.98 Å². The number of amides is 1. The number of halogens is 1. The Morgan fingerprint density at radius 3 is 3.18 bits per heavy atom. The summed E-state index contributed by atoms with van der Waals surface area (Å²) in [6, 6.07) is 3.25. The summed E-state index contributed by atoms with van der Waals surface area (Å²) in [6.07, 6.45) is 3.80. The molecule has 1 fully saturated rings. The van der Waals surface area contributed by atoms with Crippen molar-refractivity contribution in [1.29, 1.82) is 0 Å². The minimum Gasteiger partial charge on any atom is -0.376 e. The molecule has 1 aliphatic rings. The molecule has 1 amide bonds. The van der Waals surface area contributed by atoms with Gasteiger partial charge in [0.1, 0.15) is 5.15 Å². The van der Waals surface area contributed by atoms with E-state index in [1.807, 2.05) is 0 Å². The average Bonchev–Trinajstić information content (AvgIpc) is 2.80. The Kier molecular flexibility index (Phi) is 3.97. The van der Waals surface area contributed by atoms with Gasteiger partial charge >= 0.3 is 0 Å². The Bertz CT molecular complexity index is 405. The fourth-order valence-corrected chi connectivity index (χ4v) is 2.11. The largest absolute Gasteiger partial charge is 0.376 e. The number of carbonyl (C=O) groups excluding carboxylic acids is 1. The Morgan fingerprint density at radius 2 is 2.53 bits per heavy atom. The lowest BCUT2D eigenvalue weighted by Crippen LogP contribution is -2.34. The zero-order valence-electron chi connectivity index (χ0n) is 9.73. The predicted molar refractivity (Wildman–Crippen MR) is 65.2 cm³/mol. The molecule has 1 unspecified atom stereocenters. The summed E-state index contributed by atoms with van der Waals surface area (Å²) >= 11 is 5.76. The number of likely N-dealkylation sites (N-methyl/N-ethyl adjacent to an activating group) is 1. The maximum Gasteiger partial charge on any atom is 0.253 e. The molecule has 17 heavy (non-hydrogen) atoms. The molecular weight excluding hydrogens is 240 g/mol. The molecule has 1 aromatic rings. The lowest BCUT2D eigenvalue weighted by Gasteiger charge is -2.20. The molecule has 4 nitrogen and oxygen atoms in total. The van der Waals surface area contributed by atoms with Crippen LogP contribution in [0.4, 0.5) is 0 Å². The van der Waals surface area contributed by atoms with Crippen molar-refractivity contribution in [2.45, 2.75) is 18.9 Å². The first kappa shape index (κ1) is 12.3. The molecule has 0 radical (unpaired) electrons. The van der Waals surface area contributed by atoms with Crippen molar-refractivity contribution < 1.29 is 9.53 Å². The van der Waals surface area contributed by atoms with Gasteiger partial charge < -0.3 is 9.64 Å². The number of carbonyl (C=O) groups is 1. The number of hydrogen-bond donors (Lipinski definition) is 0. The van der Waals surface area contributed by atoms with Crippen molar-refractivity contribution in [2.24, 2.45) is 0 Å². The van der Waals surface area contributed by atoms with E-state index in [0.29, 0.717) is 17.3 Å². The average molecular weight is 255 g/mol. The summed E-state index contributed by atoms with van der Waals surface area (Å²) in [5.74, 6) is -0.0511. The summed E-state index contributed by atoms with van der Waals surface area (Å²) in [4.78, 5) is 17.6. The van der Waals surface area contributed by atoms with Gasteiger partial charge in [-0.2, -0.15) is 0 Å². The smallest absolute Gasteiger partial charge is 0.253 e. The van der Waals surface area contributed by atoms with Crippen molar-refractivity contribution in [3.63, 3.8) is 0 Å². The van der Waals surface area contributed by atoms with Crippen LogP contribution in [0.2, 0.25) is 5.15 Å². The van der Waals surface area contributed by atoms with E-state index >= 15 is 0 Å². The van der Waals surface area contributed by atoms with Crippen LogP contribution in [0.3, 0.4) is 0 Å². The summed E-state index contributed by atoms with van der Waals surface area (Å²) < 4.78 is 5.50. The molecule has 2 heterocycles. The molecule has 2 rings (SSSR count). The van der Waals surface area contributed by atoms with E-state index in [-0.39, 0.29) is 12.0 Å². The molecule has 0 spiro atoms. The Hall–Kier alpha value is -1.13. The molecule has 1 aliphatic heterocycles. The number of pyridine rings is 1. The van der Waals surface area contributed by atoms with Crippen LogP contribution in [0.15, 0.2) is 18.3 Å². The van der Waals surface area contributed by atoms with Crippen LogP contribution in [-0.2, 0) is 4.74 Å². The fraction of sp³-hybridized carbons (Fsp3) is 0.500. The van der Waals surface area contributed by atoms with Crippen molar-refractivity contribution in [3.8, 4) is 0 Å². The molecule has 0 saturated carbocycles. The van der Waals surface area contributed by atoms with Gasteiger partial charge in [-0.25, -0.2) is 4.98 Å². The van der Waals surface area contributed by atoms with Gasteiger partial charge in [-0.15, -0.1) is 0 Å². The molecule has 0 bridgehead atoms. The van der Waals surface area contributed by atoms with E-state index in [9.17, 15) is 4.79 Å². The quantitative estimate of drug-likeness (QED) is 0.775. The van der Waals surface area contributed by atoms with Gasteiger partial charge in [0.25, 0.3) is 5.91 Å². The summed E-state index contributed by atoms with van der Waals surface area (Å²) in [6.45, 7) is 1.42. The third-order valence-corrected chi connectivity index (χ3v) is 3.03. The third-order valence-electron chi connectivity index (χ3n) is 2.82. The van der Waals surface area contributed by atoms with Crippen LogP contribution in [0, 0.1) is 0 Å². The summed E-state index contributed by atoms with van der Waals surface area (Å²) in [5, 5.41) is 0.335. The van der Waals surface area contributed by atoms with Gasteiger partial charge in [0.05, 0.1) is 6.10 Å². The SMILES string of the molecule is CN(CC1CCCO1)C(=O)c1ccnc(Cl)c1. The second kappa shape index (κ2) is 5.47. The molecule has 92 valence electrons. The summed E-state index contributed by atoms with van der Waals surface area (Å²) in [5.41, 5.74) is 0.561. The van der Waals surface area contributed by atoms with Crippen LogP contribution in [-0.4, -0.2) is 42.1 Å². The molecule has 0 aromatic carbocycles. The second-order valence-electron chi connectivity index (χ2n) is 4.19. The van der Waals surface area contributed by atoms with Gasteiger partial charge in [0.2, 0.25) is 0 Å². The molecule has 1 saturated heterocycles. The normalized spacial score (nSPS) is 19.3. The minimum absolute atomic E-state index is 0.0511. The second-order valence-corrected chi connectivity index (χ2v) is 4.58. The van der Waals surface area contributed by atoms with E-state index in [1.54, 1.807) is 24.1 Å². The van der Waals surface area contributed by atoms with Crippen LogP contribution in [0.1, 0.15) is 23.2 Å². The third kappa shape index (κ3) is 3.17. The highest BCUT2D eigenvalue weighted by molar-refractivity contribution is 6.29. The van der Waals surface area contributed by atoms with Crippen LogP contribution < -0.4 is 0 Å². The number of nitrogens with zero attached hydrogens (tertiary/aromatic N) is 2. The van der Waals surface area contributed by atoms with Gasteiger partial charge in [0, 0.05) is 32.0 Å². The molecule has 0 aliphatic carbocycles.